The smallest absolute Gasteiger partial charge is 0.246 e. The lowest BCUT2D eigenvalue weighted by atomic mass is 10.0. The molecule has 0 aliphatic carbocycles. The van der Waals surface area contributed by atoms with Crippen molar-refractivity contribution in [1.82, 2.24) is 9.88 Å². The van der Waals surface area contributed by atoms with E-state index in [-0.39, 0.29) is 5.91 Å². The van der Waals surface area contributed by atoms with Gasteiger partial charge in [-0.3, -0.25) is 9.78 Å². The summed E-state index contributed by atoms with van der Waals surface area (Å²) in [6, 6.07) is 9.91. The van der Waals surface area contributed by atoms with Crippen LogP contribution in [0.25, 0.3) is 17.0 Å². The lowest BCUT2D eigenvalue weighted by Gasteiger charge is -2.37. The summed E-state index contributed by atoms with van der Waals surface area (Å²) in [4.78, 5) is 18.7. The molecule has 2 aromatic rings. The predicted octanol–water partition coefficient (Wildman–Crippen LogP) is 2.61. The molecule has 24 heavy (non-hydrogen) atoms. The second kappa shape index (κ2) is 6.34. The average molecular weight is 324 g/mol. The van der Waals surface area contributed by atoms with Crippen LogP contribution in [0.3, 0.4) is 0 Å². The predicted molar refractivity (Wildman–Crippen MR) is 91.2 cm³/mol. The van der Waals surface area contributed by atoms with Gasteiger partial charge in [-0.25, -0.2) is 0 Å². The molecule has 2 saturated heterocycles. The molecule has 2 aliphatic heterocycles. The van der Waals surface area contributed by atoms with E-state index in [1.807, 2.05) is 41.3 Å². The zero-order valence-electron chi connectivity index (χ0n) is 13.5. The van der Waals surface area contributed by atoms with Gasteiger partial charge in [-0.05, 0) is 12.1 Å². The van der Waals surface area contributed by atoms with Gasteiger partial charge in [0.1, 0.15) is 0 Å². The molecular formula is C19H20N2O3. The maximum absolute atomic E-state index is 12.4. The fourth-order valence-electron chi connectivity index (χ4n) is 3.38. The van der Waals surface area contributed by atoms with Crippen molar-refractivity contribution >= 4 is 22.9 Å². The molecule has 3 heterocycles. The summed E-state index contributed by atoms with van der Waals surface area (Å²) in [5.41, 5.74) is 1.87. The minimum absolute atomic E-state index is 0.0239. The lowest BCUT2D eigenvalue weighted by Crippen LogP contribution is -2.46. The third kappa shape index (κ3) is 2.92. The van der Waals surface area contributed by atoms with Gasteiger partial charge in [0.2, 0.25) is 5.91 Å². The van der Waals surface area contributed by atoms with Crippen molar-refractivity contribution in [2.45, 2.75) is 18.6 Å². The number of rotatable bonds is 2. The molecule has 1 spiro atoms. The summed E-state index contributed by atoms with van der Waals surface area (Å²) in [5.74, 6) is -0.421. The quantitative estimate of drug-likeness (QED) is 0.797. The molecule has 2 fully saturated rings. The van der Waals surface area contributed by atoms with E-state index < -0.39 is 5.79 Å². The van der Waals surface area contributed by atoms with E-state index in [0.29, 0.717) is 26.3 Å². The molecule has 4 rings (SSSR count). The topological polar surface area (TPSA) is 51.7 Å². The molecule has 0 N–H and O–H groups in total. The van der Waals surface area contributed by atoms with Crippen LogP contribution in [0.15, 0.2) is 42.6 Å². The first-order chi connectivity index (χ1) is 11.8. The van der Waals surface area contributed by atoms with E-state index >= 15 is 0 Å². The number of carbonyl (C=O) groups excluding carboxylic acids is 1. The fourth-order valence-corrected chi connectivity index (χ4v) is 3.38. The Hall–Kier alpha value is -2.24. The minimum Gasteiger partial charge on any atom is -0.347 e. The Labute approximate surface area is 140 Å². The molecule has 0 bridgehead atoms. The molecule has 1 aromatic carbocycles. The number of ether oxygens (including phenoxy) is 2. The zero-order valence-corrected chi connectivity index (χ0v) is 13.5. The van der Waals surface area contributed by atoms with Gasteiger partial charge < -0.3 is 14.4 Å². The number of pyridine rings is 1. The highest BCUT2D eigenvalue weighted by Crippen LogP contribution is 2.31. The Kier molecular flexibility index (Phi) is 4.04. The van der Waals surface area contributed by atoms with Crippen molar-refractivity contribution in [3.05, 3.63) is 48.2 Å². The van der Waals surface area contributed by atoms with Crippen LogP contribution >= 0.6 is 0 Å². The Bertz CT molecular complexity index is 766. The summed E-state index contributed by atoms with van der Waals surface area (Å²) in [6.07, 6.45) is 6.74. The molecule has 5 nitrogen and oxygen atoms in total. The number of benzene rings is 1. The maximum Gasteiger partial charge on any atom is 0.246 e. The van der Waals surface area contributed by atoms with E-state index in [4.69, 9.17) is 9.47 Å². The van der Waals surface area contributed by atoms with Gasteiger partial charge >= 0.3 is 0 Å². The van der Waals surface area contributed by atoms with Crippen LogP contribution in [-0.4, -0.2) is 47.9 Å². The Morgan fingerprint density at radius 2 is 1.88 bits per heavy atom. The zero-order chi connectivity index (χ0) is 16.4. The van der Waals surface area contributed by atoms with Crippen molar-refractivity contribution in [3.8, 4) is 0 Å². The SMILES string of the molecule is O=C(/C=C/c1cccc2cccnc12)N1CCC2(CC1)OCCO2. The van der Waals surface area contributed by atoms with Crippen LogP contribution in [0.1, 0.15) is 18.4 Å². The summed E-state index contributed by atoms with van der Waals surface area (Å²) in [5, 5.41) is 1.07. The number of carbonyl (C=O) groups is 1. The molecule has 0 saturated carbocycles. The summed E-state index contributed by atoms with van der Waals surface area (Å²) >= 11 is 0. The van der Waals surface area contributed by atoms with Crippen molar-refractivity contribution < 1.29 is 14.3 Å². The minimum atomic E-state index is -0.444. The summed E-state index contributed by atoms with van der Waals surface area (Å²) in [7, 11) is 0. The number of aromatic nitrogens is 1. The first-order valence-corrected chi connectivity index (χ1v) is 8.34. The van der Waals surface area contributed by atoms with Gasteiger partial charge in [-0.1, -0.05) is 24.3 Å². The highest BCUT2D eigenvalue weighted by atomic mass is 16.7. The molecule has 1 aromatic heterocycles. The number of para-hydroxylation sites is 1. The number of likely N-dealkylation sites (tertiary alicyclic amines) is 1. The molecule has 5 heteroatoms. The molecular weight excluding hydrogens is 304 g/mol. The van der Waals surface area contributed by atoms with Gasteiger partial charge in [-0.15, -0.1) is 0 Å². The number of hydrogen-bond donors (Lipinski definition) is 0. The van der Waals surface area contributed by atoms with Crippen LogP contribution < -0.4 is 0 Å². The second-order valence-electron chi connectivity index (χ2n) is 6.19. The molecule has 0 unspecified atom stereocenters. The maximum atomic E-state index is 12.4. The number of amides is 1. The second-order valence-corrected chi connectivity index (χ2v) is 6.19. The Morgan fingerprint density at radius 3 is 2.67 bits per heavy atom. The van der Waals surface area contributed by atoms with Crippen molar-refractivity contribution in [2.75, 3.05) is 26.3 Å². The van der Waals surface area contributed by atoms with E-state index in [2.05, 4.69) is 4.98 Å². The fraction of sp³-hybridized carbons (Fsp3) is 0.368. The van der Waals surface area contributed by atoms with Crippen LogP contribution in [0, 0.1) is 0 Å². The van der Waals surface area contributed by atoms with E-state index in [1.165, 1.54) is 0 Å². The van der Waals surface area contributed by atoms with Gasteiger partial charge in [0.25, 0.3) is 0 Å². The van der Waals surface area contributed by atoms with Crippen molar-refractivity contribution in [2.24, 2.45) is 0 Å². The van der Waals surface area contributed by atoms with E-state index in [0.717, 1.165) is 29.3 Å². The highest BCUT2D eigenvalue weighted by molar-refractivity contribution is 5.95. The third-order valence-corrected chi connectivity index (χ3v) is 4.72. The van der Waals surface area contributed by atoms with E-state index in [1.54, 1.807) is 12.3 Å². The first kappa shape index (κ1) is 15.3. The van der Waals surface area contributed by atoms with Gasteiger partial charge in [0, 0.05) is 49.2 Å². The molecule has 0 radical (unpaired) electrons. The monoisotopic (exact) mass is 324 g/mol. The molecule has 1 amide bonds. The largest absolute Gasteiger partial charge is 0.347 e. The molecule has 124 valence electrons. The average Bonchev–Trinajstić information content (AvgIpc) is 3.08. The van der Waals surface area contributed by atoms with Crippen molar-refractivity contribution in [3.63, 3.8) is 0 Å². The highest BCUT2D eigenvalue weighted by Gasteiger charge is 2.40. The third-order valence-electron chi connectivity index (χ3n) is 4.72. The Balaban J connectivity index is 1.45. The number of fused-ring (bicyclic) bond motifs is 1. The first-order valence-electron chi connectivity index (χ1n) is 8.34. The molecule has 2 aliphatic rings. The number of nitrogens with zero attached hydrogens (tertiary/aromatic N) is 2. The van der Waals surface area contributed by atoms with E-state index in [9.17, 15) is 4.79 Å². The molecule has 0 atom stereocenters. The Morgan fingerprint density at radius 1 is 1.12 bits per heavy atom. The normalized spacial score (nSPS) is 20.2. The van der Waals surface area contributed by atoms with Crippen LogP contribution in [0.5, 0.6) is 0 Å². The van der Waals surface area contributed by atoms with Crippen LogP contribution in [0.2, 0.25) is 0 Å². The number of hydrogen-bond acceptors (Lipinski definition) is 4. The summed E-state index contributed by atoms with van der Waals surface area (Å²) in [6.45, 7) is 2.64. The van der Waals surface area contributed by atoms with Gasteiger partial charge in [-0.2, -0.15) is 0 Å². The van der Waals surface area contributed by atoms with Crippen LogP contribution in [0.4, 0.5) is 0 Å². The number of piperidine rings is 1. The lowest BCUT2D eigenvalue weighted by molar-refractivity contribution is -0.186. The standard InChI is InChI=1S/C19H20N2O3/c22-17(21-11-8-19(9-12-21)23-13-14-24-19)7-6-16-4-1-3-15-5-2-10-20-18(15)16/h1-7,10H,8-9,11-14H2/b7-6+. The van der Waals surface area contributed by atoms with Crippen LogP contribution in [-0.2, 0) is 14.3 Å². The van der Waals surface area contributed by atoms with Crippen molar-refractivity contribution in [1.29, 1.82) is 0 Å². The van der Waals surface area contributed by atoms with Gasteiger partial charge in [0.05, 0.1) is 18.7 Å². The van der Waals surface area contributed by atoms with Gasteiger partial charge in [0.15, 0.2) is 5.79 Å². The summed E-state index contributed by atoms with van der Waals surface area (Å²) < 4.78 is 11.4.